The van der Waals surface area contributed by atoms with E-state index in [9.17, 15) is 19.1 Å². The maximum absolute atomic E-state index is 13.5. The lowest BCUT2D eigenvalue weighted by molar-refractivity contribution is -0.143. The van der Waals surface area contributed by atoms with Crippen LogP contribution < -0.4 is 0 Å². The molecule has 6 nitrogen and oxygen atoms in total. The van der Waals surface area contributed by atoms with Crippen molar-refractivity contribution in [2.75, 3.05) is 7.11 Å². The molecule has 0 aliphatic carbocycles. The normalized spacial score (nSPS) is 12.0. The Bertz CT molecular complexity index is 1130. The quantitative estimate of drug-likeness (QED) is 0.423. The number of aromatic nitrogens is 2. The summed E-state index contributed by atoms with van der Waals surface area (Å²) in [6, 6.07) is 15.4. The van der Waals surface area contributed by atoms with Crippen LogP contribution in [-0.2, 0) is 14.3 Å². The lowest BCUT2D eigenvalue weighted by Gasteiger charge is -2.12. The lowest BCUT2D eigenvalue weighted by atomic mass is 10.0. The molecule has 164 valence electrons. The largest absolute Gasteiger partial charge is 0.469 e. The average Bonchev–Trinajstić information content (AvgIpc) is 2.78. The smallest absolute Gasteiger partial charge is 0.313 e. The summed E-state index contributed by atoms with van der Waals surface area (Å²) >= 11 is 0. The Kier molecular flexibility index (Phi) is 7.57. The molecule has 1 heterocycles. The number of benzene rings is 2. The third kappa shape index (κ3) is 5.92. The molecule has 0 saturated heterocycles. The summed E-state index contributed by atoms with van der Waals surface area (Å²) in [5, 5.41) is 10.2. The number of aliphatic hydroxyl groups is 1. The van der Waals surface area contributed by atoms with E-state index in [1.807, 2.05) is 37.3 Å². The number of aryl methyl sites for hydroxylation is 1. The molecule has 3 aromatic rings. The van der Waals surface area contributed by atoms with Gasteiger partial charge in [0.1, 0.15) is 18.0 Å². The van der Waals surface area contributed by atoms with Crippen molar-refractivity contribution < 1.29 is 23.8 Å². The molecule has 1 N–H and O–H groups in total. The van der Waals surface area contributed by atoms with Crippen LogP contribution in [0.2, 0.25) is 0 Å². The number of hydrogen-bond donors (Lipinski definition) is 1. The van der Waals surface area contributed by atoms with Crippen molar-refractivity contribution in [2.45, 2.75) is 25.9 Å². The predicted octanol–water partition coefficient (Wildman–Crippen LogP) is 4.15. The topological polar surface area (TPSA) is 89.4 Å². The average molecular weight is 434 g/mol. The highest BCUT2D eigenvalue weighted by molar-refractivity contribution is 5.95. The van der Waals surface area contributed by atoms with Gasteiger partial charge >= 0.3 is 5.97 Å². The van der Waals surface area contributed by atoms with Crippen LogP contribution in [0.25, 0.3) is 28.7 Å². The molecule has 0 amide bonds. The number of carbonyl (C=O) groups excluding carboxylic acids is 2. The Morgan fingerprint density at radius 1 is 1.06 bits per heavy atom. The second-order valence-electron chi connectivity index (χ2n) is 7.19. The first kappa shape index (κ1) is 23.0. The number of Topliss-reactive ketones (excluding diaryl/α,β-unsaturated/α-hetero) is 1. The third-order valence-electron chi connectivity index (χ3n) is 4.78. The van der Waals surface area contributed by atoms with Gasteiger partial charge in [0, 0.05) is 28.8 Å². The third-order valence-corrected chi connectivity index (χ3v) is 4.78. The molecule has 0 bridgehead atoms. The maximum Gasteiger partial charge on any atom is 0.313 e. The number of nitrogens with zero attached hydrogens (tertiary/aromatic N) is 2. The van der Waals surface area contributed by atoms with Gasteiger partial charge in [0.05, 0.1) is 18.9 Å². The van der Waals surface area contributed by atoms with E-state index in [0.29, 0.717) is 28.3 Å². The summed E-state index contributed by atoms with van der Waals surface area (Å²) in [7, 11) is 1.20. The van der Waals surface area contributed by atoms with Crippen molar-refractivity contribution in [3.8, 4) is 22.6 Å². The fraction of sp³-hybridized carbons (Fsp3) is 0.200. The van der Waals surface area contributed by atoms with E-state index < -0.39 is 24.3 Å². The first-order valence-corrected chi connectivity index (χ1v) is 10.0. The molecular formula is C25H23FN2O4. The van der Waals surface area contributed by atoms with Crippen LogP contribution in [0.4, 0.5) is 4.39 Å². The van der Waals surface area contributed by atoms with E-state index in [1.54, 1.807) is 18.2 Å². The number of esters is 1. The van der Waals surface area contributed by atoms with Gasteiger partial charge < -0.3 is 9.84 Å². The van der Waals surface area contributed by atoms with Gasteiger partial charge in [-0.05, 0) is 31.2 Å². The number of halogens is 1. The fourth-order valence-electron chi connectivity index (χ4n) is 3.14. The number of ketones is 1. The van der Waals surface area contributed by atoms with Gasteiger partial charge in [-0.2, -0.15) is 0 Å². The Hall–Kier alpha value is -3.71. The number of aliphatic hydroxyl groups excluding tert-OH is 1. The molecule has 2 aromatic carbocycles. The first-order chi connectivity index (χ1) is 15.4. The van der Waals surface area contributed by atoms with Gasteiger partial charge in [-0.1, -0.05) is 42.5 Å². The number of ether oxygens (including phenoxy) is 1. The van der Waals surface area contributed by atoms with Crippen LogP contribution in [0.3, 0.4) is 0 Å². The molecule has 1 unspecified atom stereocenters. The summed E-state index contributed by atoms with van der Waals surface area (Å²) in [6.07, 6.45) is 1.38. The minimum atomic E-state index is -1.10. The van der Waals surface area contributed by atoms with Crippen molar-refractivity contribution in [2.24, 2.45) is 0 Å². The Balaban J connectivity index is 1.95. The molecule has 32 heavy (non-hydrogen) atoms. The van der Waals surface area contributed by atoms with Gasteiger partial charge in [0.15, 0.2) is 5.82 Å². The predicted molar refractivity (Wildman–Crippen MR) is 119 cm³/mol. The lowest BCUT2D eigenvalue weighted by Crippen LogP contribution is -2.15. The zero-order valence-corrected chi connectivity index (χ0v) is 17.8. The SMILES string of the molecule is COC(=O)CC(=O)CC(O)/C=C/c1c(C)nc(-c2ccccc2)nc1-c1ccc(F)cc1. The molecule has 0 aliphatic heterocycles. The van der Waals surface area contributed by atoms with E-state index in [0.717, 1.165) is 5.56 Å². The van der Waals surface area contributed by atoms with Crippen molar-refractivity contribution in [3.63, 3.8) is 0 Å². The first-order valence-electron chi connectivity index (χ1n) is 10.0. The van der Waals surface area contributed by atoms with Crippen LogP contribution in [0, 0.1) is 12.7 Å². The second-order valence-corrected chi connectivity index (χ2v) is 7.19. The van der Waals surface area contributed by atoms with Crippen molar-refractivity contribution in [1.29, 1.82) is 0 Å². The molecule has 0 spiro atoms. The monoisotopic (exact) mass is 434 g/mol. The number of hydrogen-bond acceptors (Lipinski definition) is 6. The van der Waals surface area contributed by atoms with Gasteiger partial charge in [-0.25, -0.2) is 14.4 Å². The highest BCUT2D eigenvalue weighted by Crippen LogP contribution is 2.28. The molecule has 0 aliphatic rings. The molecule has 1 aromatic heterocycles. The second kappa shape index (κ2) is 10.5. The van der Waals surface area contributed by atoms with Crippen molar-refractivity contribution in [1.82, 2.24) is 9.97 Å². The van der Waals surface area contributed by atoms with E-state index in [-0.39, 0.29) is 12.2 Å². The summed E-state index contributed by atoms with van der Waals surface area (Å²) in [5.41, 5.74) is 3.38. The van der Waals surface area contributed by atoms with Gasteiger partial charge in [0.2, 0.25) is 0 Å². The summed E-state index contributed by atoms with van der Waals surface area (Å²) in [4.78, 5) is 32.4. The minimum absolute atomic E-state index is 0.223. The van der Waals surface area contributed by atoms with E-state index in [4.69, 9.17) is 4.98 Å². The zero-order valence-electron chi connectivity index (χ0n) is 17.8. The summed E-state index contributed by atoms with van der Waals surface area (Å²) < 4.78 is 17.9. The number of methoxy groups -OCH3 is 1. The van der Waals surface area contributed by atoms with Crippen molar-refractivity contribution in [3.05, 3.63) is 77.7 Å². The zero-order chi connectivity index (χ0) is 23.1. The highest BCUT2D eigenvalue weighted by atomic mass is 19.1. The molecule has 0 radical (unpaired) electrons. The summed E-state index contributed by atoms with van der Waals surface area (Å²) in [6.45, 7) is 1.82. The number of carbonyl (C=O) groups is 2. The van der Waals surface area contributed by atoms with E-state index >= 15 is 0 Å². The molecule has 1 atom stereocenters. The molecule has 0 fully saturated rings. The summed E-state index contributed by atoms with van der Waals surface area (Å²) in [5.74, 6) is -0.918. The minimum Gasteiger partial charge on any atom is -0.469 e. The highest BCUT2D eigenvalue weighted by Gasteiger charge is 2.16. The van der Waals surface area contributed by atoms with Crippen LogP contribution in [0.5, 0.6) is 0 Å². The Labute approximate surface area is 185 Å². The van der Waals surface area contributed by atoms with Gasteiger partial charge in [-0.15, -0.1) is 0 Å². The molecular weight excluding hydrogens is 411 g/mol. The Morgan fingerprint density at radius 3 is 2.41 bits per heavy atom. The van der Waals surface area contributed by atoms with Crippen LogP contribution >= 0.6 is 0 Å². The molecule has 7 heteroatoms. The van der Waals surface area contributed by atoms with Gasteiger partial charge in [-0.3, -0.25) is 9.59 Å². The van der Waals surface area contributed by atoms with Crippen LogP contribution in [0.15, 0.2) is 60.7 Å². The fourth-order valence-corrected chi connectivity index (χ4v) is 3.14. The van der Waals surface area contributed by atoms with Gasteiger partial charge in [0.25, 0.3) is 0 Å². The van der Waals surface area contributed by atoms with E-state index in [2.05, 4.69) is 9.72 Å². The molecule has 3 rings (SSSR count). The molecule has 0 saturated carbocycles. The standard InChI is InChI=1S/C25H23FN2O4/c1-16-22(13-12-20(29)14-21(30)15-23(31)32-2)24(17-8-10-19(26)11-9-17)28-25(27-16)18-6-4-3-5-7-18/h3-13,20,29H,14-15H2,1-2H3/b13-12+. The van der Waals surface area contributed by atoms with Crippen LogP contribution in [0.1, 0.15) is 24.1 Å². The van der Waals surface area contributed by atoms with Crippen LogP contribution in [-0.4, -0.2) is 40.0 Å². The maximum atomic E-state index is 13.5. The van der Waals surface area contributed by atoms with E-state index in [1.165, 1.54) is 25.3 Å². The van der Waals surface area contributed by atoms with Crippen molar-refractivity contribution >= 4 is 17.8 Å². The Morgan fingerprint density at radius 2 is 1.75 bits per heavy atom. The number of rotatable bonds is 8.